The number of benzene rings is 1. The van der Waals surface area contributed by atoms with Crippen LogP contribution >= 0.6 is 0 Å². The summed E-state index contributed by atoms with van der Waals surface area (Å²) in [6.45, 7) is 1.09. The number of nitrogens with one attached hydrogen (secondary N) is 2. The van der Waals surface area contributed by atoms with Gasteiger partial charge < -0.3 is 10.6 Å². The summed E-state index contributed by atoms with van der Waals surface area (Å²) in [5, 5.41) is 5.75. The molecule has 0 atom stereocenters. The van der Waals surface area contributed by atoms with Crippen molar-refractivity contribution in [1.29, 1.82) is 0 Å². The van der Waals surface area contributed by atoms with Crippen LogP contribution < -0.4 is 10.6 Å². The van der Waals surface area contributed by atoms with Crippen molar-refractivity contribution in [3.8, 4) is 0 Å². The fourth-order valence-electron chi connectivity index (χ4n) is 1.73. The molecule has 0 aliphatic rings. The first-order valence-electron chi connectivity index (χ1n) is 6.35. The molecule has 0 saturated heterocycles. The molecule has 1 aromatic carbocycles. The van der Waals surface area contributed by atoms with Gasteiger partial charge in [-0.3, -0.25) is 9.78 Å². The Bertz CT molecular complexity index is 560. The third-order valence-electron chi connectivity index (χ3n) is 2.71. The highest BCUT2D eigenvalue weighted by Gasteiger charge is 2.01. The smallest absolute Gasteiger partial charge is 0.234 e. The summed E-state index contributed by atoms with van der Waals surface area (Å²) < 4.78 is 12.9. The molecule has 0 unspecified atom stereocenters. The van der Waals surface area contributed by atoms with Crippen LogP contribution in [0.1, 0.15) is 11.1 Å². The van der Waals surface area contributed by atoms with Gasteiger partial charge >= 0.3 is 0 Å². The van der Waals surface area contributed by atoms with E-state index < -0.39 is 0 Å². The summed E-state index contributed by atoms with van der Waals surface area (Å²) in [6.07, 6.45) is 2.72. The van der Waals surface area contributed by atoms with Crippen LogP contribution in [-0.4, -0.2) is 17.4 Å². The van der Waals surface area contributed by atoms with E-state index in [1.54, 1.807) is 6.20 Å². The molecule has 0 bridgehead atoms. The molecule has 1 amide bonds. The molecule has 2 N–H and O–H groups in total. The molecule has 0 saturated carbocycles. The number of nitrogens with zero attached hydrogens (tertiary/aromatic N) is 1. The lowest BCUT2D eigenvalue weighted by Crippen LogP contribution is -2.33. The van der Waals surface area contributed by atoms with Gasteiger partial charge in [0.1, 0.15) is 5.82 Å². The molecule has 4 nitrogen and oxygen atoms in total. The topological polar surface area (TPSA) is 54.0 Å². The Morgan fingerprint density at radius 2 is 1.90 bits per heavy atom. The first kappa shape index (κ1) is 14.1. The maximum atomic E-state index is 12.9. The standard InChI is InChI=1S/C15H16FN3O/c16-14-6-13(7-17-10-14)8-18-11-15(20)19-9-12-4-2-1-3-5-12/h1-7,10,18H,8-9,11H2,(H,19,20). The van der Waals surface area contributed by atoms with Gasteiger partial charge in [0.2, 0.25) is 5.91 Å². The minimum Gasteiger partial charge on any atom is -0.351 e. The number of carbonyl (C=O) groups is 1. The van der Waals surface area contributed by atoms with Crippen molar-refractivity contribution in [2.45, 2.75) is 13.1 Å². The highest BCUT2D eigenvalue weighted by atomic mass is 19.1. The fraction of sp³-hybridized carbons (Fsp3) is 0.200. The maximum absolute atomic E-state index is 12.9. The minimum atomic E-state index is -0.377. The van der Waals surface area contributed by atoms with Gasteiger partial charge in [0.25, 0.3) is 0 Å². The van der Waals surface area contributed by atoms with E-state index in [0.29, 0.717) is 18.7 Å². The van der Waals surface area contributed by atoms with Gasteiger partial charge in [-0.2, -0.15) is 0 Å². The second-order valence-corrected chi connectivity index (χ2v) is 4.38. The van der Waals surface area contributed by atoms with E-state index in [9.17, 15) is 9.18 Å². The Morgan fingerprint density at radius 1 is 1.10 bits per heavy atom. The first-order chi connectivity index (χ1) is 9.74. The van der Waals surface area contributed by atoms with Gasteiger partial charge in [-0.05, 0) is 17.2 Å². The van der Waals surface area contributed by atoms with E-state index >= 15 is 0 Å². The normalized spacial score (nSPS) is 10.2. The fourth-order valence-corrected chi connectivity index (χ4v) is 1.73. The van der Waals surface area contributed by atoms with Crippen LogP contribution in [0.4, 0.5) is 4.39 Å². The van der Waals surface area contributed by atoms with Crippen molar-refractivity contribution in [2.24, 2.45) is 0 Å². The van der Waals surface area contributed by atoms with Crippen molar-refractivity contribution < 1.29 is 9.18 Å². The molecule has 0 aliphatic heterocycles. The van der Waals surface area contributed by atoms with Crippen molar-refractivity contribution in [2.75, 3.05) is 6.54 Å². The lowest BCUT2D eigenvalue weighted by atomic mass is 10.2. The average Bonchev–Trinajstić information content (AvgIpc) is 2.46. The zero-order valence-electron chi connectivity index (χ0n) is 11.0. The van der Waals surface area contributed by atoms with Crippen molar-refractivity contribution in [3.05, 3.63) is 65.7 Å². The second kappa shape index (κ2) is 7.35. The molecule has 104 valence electrons. The molecule has 5 heteroatoms. The number of hydrogen-bond donors (Lipinski definition) is 2. The molecule has 1 aromatic heterocycles. The van der Waals surface area contributed by atoms with Crippen LogP contribution in [0.2, 0.25) is 0 Å². The number of pyridine rings is 1. The van der Waals surface area contributed by atoms with Crippen LogP contribution in [0.25, 0.3) is 0 Å². The van der Waals surface area contributed by atoms with Crippen LogP contribution in [-0.2, 0) is 17.9 Å². The highest BCUT2D eigenvalue weighted by molar-refractivity contribution is 5.77. The van der Waals surface area contributed by atoms with Crippen LogP contribution in [0.15, 0.2) is 48.8 Å². The van der Waals surface area contributed by atoms with E-state index in [-0.39, 0.29) is 18.3 Å². The Kier molecular flexibility index (Phi) is 5.20. The lowest BCUT2D eigenvalue weighted by Gasteiger charge is -2.07. The van der Waals surface area contributed by atoms with Crippen molar-refractivity contribution in [3.63, 3.8) is 0 Å². The SMILES string of the molecule is O=C(CNCc1cncc(F)c1)NCc1ccccc1. The Labute approximate surface area is 117 Å². The van der Waals surface area contributed by atoms with Gasteiger partial charge in [-0.1, -0.05) is 30.3 Å². The summed E-state index contributed by atoms with van der Waals surface area (Å²) in [5.41, 5.74) is 1.76. The van der Waals surface area contributed by atoms with Gasteiger partial charge in [-0.15, -0.1) is 0 Å². The summed E-state index contributed by atoms with van der Waals surface area (Å²) in [6, 6.07) is 11.1. The Balaban J connectivity index is 1.68. The Hall–Kier alpha value is -2.27. The van der Waals surface area contributed by atoms with Gasteiger partial charge in [0.05, 0.1) is 12.7 Å². The predicted octanol–water partition coefficient (Wildman–Crippen LogP) is 1.63. The average molecular weight is 273 g/mol. The first-order valence-corrected chi connectivity index (χ1v) is 6.35. The molecule has 0 aliphatic carbocycles. The van der Waals surface area contributed by atoms with Crippen molar-refractivity contribution >= 4 is 5.91 Å². The maximum Gasteiger partial charge on any atom is 0.234 e. The summed E-state index contributed by atoms with van der Waals surface area (Å²) in [4.78, 5) is 15.4. The Morgan fingerprint density at radius 3 is 2.65 bits per heavy atom. The second-order valence-electron chi connectivity index (χ2n) is 4.38. The third kappa shape index (κ3) is 4.78. The largest absolute Gasteiger partial charge is 0.351 e. The summed E-state index contributed by atoms with van der Waals surface area (Å²) >= 11 is 0. The zero-order valence-corrected chi connectivity index (χ0v) is 11.0. The molecule has 2 rings (SSSR count). The van der Waals surface area contributed by atoms with Gasteiger partial charge in [-0.25, -0.2) is 4.39 Å². The molecule has 0 radical (unpaired) electrons. The predicted molar refractivity (Wildman–Crippen MR) is 74.2 cm³/mol. The van der Waals surface area contributed by atoms with E-state index in [2.05, 4.69) is 15.6 Å². The molecule has 20 heavy (non-hydrogen) atoms. The summed E-state index contributed by atoms with van der Waals surface area (Å²) in [7, 11) is 0. The van der Waals surface area contributed by atoms with Gasteiger partial charge in [0.15, 0.2) is 0 Å². The number of amides is 1. The minimum absolute atomic E-state index is 0.0989. The van der Waals surface area contributed by atoms with E-state index in [0.717, 1.165) is 11.8 Å². The number of halogens is 1. The number of rotatable bonds is 6. The molecule has 0 fully saturated rings. The number of hydrogen-bond acceptors (Lipinski definition) is 3. The number of aromatic nitrogens is 1. The monoisotopic (exact) mass is 273 g/mol. The third-order valence-corrected chi connectivity index (χ3v) is 2.71. The van der Waals surface area contributed by atoms with E-state index in [1.807, 2.05) is 30.3 Å². The molecular formula is C15H16FN3O. The quantitative estimate of drug-likeness (QED) is 0.841. The number of carbonyl (C=O) groups excluding carboxylic acids is 1. The van der Waals surface area contributed by atoms with Crippen molar-refractivity contribution in [1.82, 2.24) is 15.6 Å². The van der Waals surface area contributed by atoms with Crippen LogP contribution in [0, 0.1) is 5.82 Å². The van der Waals surface area contributed by atoms with E-state index in [4.69, 9.17) is 0 Å². The zero-order chi connectivity index (χ0) is 14.2. The molecule has 0 spiro atoms. The molecule has 2 aromatic rings. The van der Waals surface area contributed by atoms with Gasteiger partial charge in [0, 0.05) is 19.3 Å². The van der Waals surface area contributed by atoms with E-state index in [1.165, 1.54) is 6.07 Å². The molecule has 1 heterocycles. The summed E-state index contributed by atoms with van der Waals surface area (Å²) in [5.74, 6) is -0.476. The van der Waals surface area contributed by atoms with Crippen LogP contribution in [0.3, 0.4) is 0 Å². The highest BCUT2D eigenvalue weighted by Crippen LogP contribution is 2.00. The lowest BCUT2D eigenvalue weighted by molar-refractivity contribution is -0.120. The molecular weight excluding hydrogens is 257 g/mol. The van der Waals surface area contributed by atoms with Crippen LogP contribution in [0.5, 0.6) is 0 Å².